The average molecular weight is 222 g/mol. The molecule has 16 heavy (non-hydrogen) atoms. The number of carbonyl (C=O) groups is 2. The minimum Gasteiger partial charge on any atom is -0.339 e. The molecule has 1 atom stereocenters. The lowest BCUT2D eigenvalue weighted by atomic mass is 10.0. The molecule has 1 aromatic carbocycles. The molecule has 0 bridgehead atoms. The van der Waals surface area contributed by atoms with Crippen LogP contribution in [-0.2, 0) is 9.59 Å². The molecule has 2 amide bonds. The van der Waals surface area contributed by atoms with Gasteiger partial charge in [-0.05, 0) is 17.7 Å². The number of rotatable bonds is 1. The summed E-state index contributed by atoms with van der Waals surface area (Å²) in [6, 6.07) is 4.83. The number of piperazine rings is 1. The molecule has 0 aromatic heterocycles. The monoisotopic (exact) mass is 222 g/mol. The molecular weight excluding hydrogens is 211 g/mol. The summed E-state index contributed by atoms with van der Waals surface area (Å²) in [4.78, 5) is 24.4. The summed E-state index contributed by atoms with van der Waals surface area (Å²) >= 11 is 0. The smallest absolute Gasteiger partial charge is 0.250 e. The van der Waals surface area contributed by atoms with Crippen molar-refractivity contribution in [3.05, 3.63) is 35.6 Å². The molecule has 2 rings (SSSR count). The Labute approximate surface area is 92.0 Å². The van der Waals surface area contributed by atoms with E-state index in [4.69, 9.17) is 0 Å². The van der Waals surface area contributed by atoms with Crippen molar-refractivity contribution in [3.63, 3.8) is 0 Å². The zero-order valence-corrected chi connectivity index (χ0v) is 8.74. The van der Waals surface area contributed by atoms with Gasteiger partial charge in [0.2, 0.25) is 11.8 Å². The molecule has 1 saturated heterocycles. The Bertz CT molecular complexity index is 430. The average Bonchev–Trinajstić information content (AvgIpc) is 2.25. The van der Waals surface area contributed by atoms with E-state index in [1.807, 2.05) is 0 Å². The van der Waals surface area contributed by atoms with Crippen LogP contribution in [-0.4, -0.2) is 30.3 Å². The molecule has 0 spiro atoms. The van der Waals surface area contributed by atoms with Gasteiger partial charge in [-0.1, -0.05) is 12.1 Å². The van der Waals surface area contributed by atoms with Crippen molar-refractivity contribution < 1.29 is 14.0 Å². The minimum absolute atomic E-state index is 0.0660. The van der Waals surface area contributed by atoms with Gasteiger partial charge < -0.3 is 10.2 Å². The van der Waals surface area contributed by atoms with Crippen LogP contribution in [0, 0.1) is 5.82 Å². The van der Waals surface area contributed by atoms with Crippen molar-refractivity contribution in [2.75, 3.05) is 13.6 Å². The lowest BCUT2D eigenvalue weighted by Crippen LogP contribution is -2.51. The van der Waals surface area contributed by atoms with E-state index in [0.29, 0.717) is 5.56 Å². The summed E-state index contributed by atoms with van der Waals surface area (Å²) in [6.07, 6.45) is 0. The fourth-order valence-corrected chi connectivity index (χ4v) is 1.66. The van der Waals surface area contributed by atoms with Gasteiger partial charge >= 0.3 is 0 Å². The number of benzene rings is 1. The van der Waals surface area contributed by atoms with Gasteiger partial charge in [0.25, 0.3) is 0 Å². The van der Waals surface area contributed by atoms with Crippen LogP contribution >= 0.6 is 0 Å². The predicted octanol–water partition coefficient (Wildman–Crippen LogP) is 0.455. The quantitative estimate of drug-likeness (QED) is 0.750. The standard InChI is InChI=1S/C11H11FN2O2/c1-14-6-9(15)13-10(11(14)16)7-2-4-8(12)5-3-7/h2-5,10H,6H2,1H3,(H,13,15)/t10-/m0/s1. The molecule has 4 nitrogen and oxygen atoms in total. The fraction of sp³-hybridized carbons (Fsp3) is 0.273. The van der Waals surface area contributed by atoms with Gasteiger partial charge in [0.15, 0.2) is 0 Å². The van der Waals surface area contributed by atoms with Crippen LogP contribution in [0.5, 0.6) is 0 Å². The van der Waals surface area contributed by atoms with E-state index in [0.717, 1.165) is 0 Å². The third-order valence-electron chi connectivity index (χ3n) is 2.51. The van der Waals surface area contributed by atoms with Crippen molar-refractivity contribution in [1.82, 2.24) is 10.2 Å². The second kappa shape index (κ2) is 3.92. The summed E-state index contributed by atoms with van der Waals surface area (Å²) in [5.41, 5.74) is 0.589. The van der Waals surface area contributed by atoms with E-state index in [1.165, 1.54) is 29.2 Å². The molecule has 0 radical (unpaired) electrons. The number of carbonyl (C=O) groups excluding carboxylic acids is 2. The van der Waals surface area contributed by atoms with E-state index in [1.54, 1.807) is 7.05 Å². The van der Waals surface area contributed by atoms with Crippen LogP contribution in [0.1, 0.15) is 11.6 Å². The first-order valence-corrected chi connectivity index (χ1v) is 4.88. The van der Waals surface area contributed by atoms with Crippen molar-refractivity contribution in [3.8, 4) is 0 Å². The molecule has 1 aliphatic rings. The number of hydrogen-bond donors (Lipinski definition) is 1. The van der Waals surface area contributed by atoms with E-state index in [9.17, 15) is 14.0 Å². The zero-order chi connectivity index (χ0) is 11.7. The maximum Gasteiger partial charge on any atom is 0.250 e. The molecule has 84 valence electrons. The topological polar surface area (TPSA) is 49.4 Å². The van der Waals surface area contributed by atoms with Gasteiger partial charge in [-0.2, -0.15) is 0 Å². The molecule has 0 aliphatic carbocycles. The van der Waals surface area contributed by atoms with Crippen molar-refractivity contribution in [1.29, 1.82) is 0 Å². The highest BCUT2D eigenvalue weighted by molar-refractivity contribution is 5.95. The Balaban J connectivity index is 2.28. The molecule has 1 heterocycles. The van der Waals surface area contributed by atoms with Gasteiger partial charge in [0.05, 0.1) is 6.54 Å². The fourth-order valence-electron chi connectivity index (χ4n) is 1.66. The summed E-state index contributed by atoms with van der Waals surface area (Å²) in [5.74, 6) is -0.769. The van der Waals surface area contributed by atoms with Gasteiger partial charge in [-0.3, -0.25) is 9.59 Å². The van der Waals surface area contributed by atoms with Crippen LogP contribution in [0.3, 0.4) is 0 Å². The number of hydrogen-bond acceptors (Lipinski definition) is 2. The molecule has 1 fully saturated rings. The number of nitrogens with one attached hydrogen (secondary N) is 1. The molecule has 0 unspecified atom stereocenters. The zero-order valence-electron chi connectivity index (χ0n) is 8.74. The van der Waals surface area contributed by atoms with Gasteiger partial charge in [0, 0.05) is 7.05 Å². The lowest BCUT2D eigenvalue weighted by molar-refractivity contribution is -0.143. The molecule has 1 N–H and O–H groups in total. The van der Waals surface area contributed by atoms with Crippen molar-refractivity contribution in [2.24, 2.45) is 0 Å². The summed E-state index contributed by atoms with van der Waals surface area (Å²) in [5, 5.41) is 2.58. The third kappa shape index (κ3) is 1.88. The highest BCUT2D eigenvalue weighted by Crippen LogP contribution is 2.18. The van der Waals surface area contributed by atoms with E-state index >= 15 is 0 Å². The number of nitrogens with zero attached hydrogens (tertiary/aromatic N) is 1. The molecule has 1 aliphatic heterocycles. The highest BCUT2D eigenvalue weighted by atomic mass is 19.1. The van der Waals surface area contributed by atoms with E-state index in [2.05, 4.69) is 5.32 Å². The Hall–Kier alpha value is -1.91. The second-order valence-corrected chi connectivity index (χ2v) is 3.75. The maximum atomic E-state index is 12.7. The number of amides is 2. The first kappa shape index (κ1) is 10.6. The molecule has 0 saturated carbocycles. The SMILES string of the molecule is CN1CC(=O)N[C@@H](c2ccc(F)cc2)C1=O. The van der Waals surface area contributed by atoms with Crippen LogP contribution in [0.4, 0.5) is 4.39 Å². The first-order chi connectivity index (χ1) is 7.58. The van der Waals surface area contributed by atoms with Gasteiger partial charge in [0.1, 0.15) is 11.9 Å². The Kier molecular flexibility index (Phi) is 2.60. The summed E-state index contributed by atoms with van der Waals surface area (Å²) in [6.45, 7) is 0.0660. The van der Waals surface area contributed by atoms with E-state index in [-0.39, 0.29) is 24.2 Å². The largest absolute Gasteiger partial charge is 0.339 e. The van der Waals surface area contributed by atoms with E-state index < -0.39 is 6.04 Å². The summed E-state index contributed by atoms with van der Waals surface area (Å²) in [7, 11) is 1.57. The number of likely N-dealkylation sites (N-methyl/N-ethyl adjacent to an activating group) is 1. The van der Waals surface area contributed by atoms with Crippen LogP contribution in [0.25, 0.3) is 0 Å². The Morgan fingerprint density at radius 2 is 1.94 bits per heavy atom. The van der Waals surface area contributed by atoms with Gasteiger partial charge in [-0.15, -0.1) is 0 Å². The first-order valence-electron chi connectivity index (χ1n) is 4.88. The number of halogens is 1. The van der Waals surface area contributed by atoms with Crippen LogP contribution in [0.2, 0.25) is 0 Å². The van der Waals surface area contributed by atoms with Gasteiger partial charge in [-0.25, -0.2) is 4.39 Å². The van der Waals surface area contributed by atoms with Crippen molar-refractivity contribution in [2.45, 2.75) is 6.04 Å². The van der Waals surface area contributed by atoms with Crippen LogP contribution < -0.4 is 5.32 Å². The third-order valence-corrected chi connectivity index (χ3v) is 2.51. The lowest BCUT2D eigenvalue weighted by Gasteiger charge is -2.29. The Morgan fingerprint density at radius 3 is 2.56 bits per heavy atom. The predicted molar refractivity (Wildman–Crippen MR) is 54.9 cm³/mol. The second-order valence-electron chi connectivity index (χ2n) is 3.75. The molecular formula is C11H11FN2O2. The summed E-state index contributed by atoms with van der Waals surface area (Å²) < 4.78 is 12.7. The molecule has 1 aromatic rings. The van der Waals surface area contributed by atoms with Crippen molar-refractivity contribution >= 4 is 11.8 Å². The maximum absolute atomic E-state index is 12.7. The Morgan fingerprint density at radius 1 is 1.31 bits per heavy atom. The molecule has 5 heteroatoms. The minimum atomic E-state index is -0.702. The normalized spacial score (nSPS) is 20.9. The highest BCUT2D eigenvalue weighted by Gasteiger charge is 2.31. The van der Waals surface area contributed by atoms with Crippen LogP contribution in [0.15, 0.2) is 24.3 Å².